The van der Waals surface area contributed by atoms with Crippen LogP contribution < -0.4 is 25.6 Å². The molecular weight excluding hydrogens is 954 g/mol. The number of hydrogen-bond acceptors (Lipinski definition) is 13. The first-order valence-electron chi connectivity index (χ1n) is 24.9. The molecule has 72 heavy (non-hydrogen) atoms. The number of rotatable bonds is 15. The first kappa shape index (κ1) is 52.7. The lowest BCUT2D eigenvalue weighted by Gasteiger charge is -2.63. The number of amides is 4. The number of ether oxygens (including phenoxy) is 2. The molecule has 4 fully saturated rings. The fourth-order valence-electron chi connectivity index (χ4n) is 11.2. The molecule has 8 rings (SSSR count). The third kappa shape index (κ3) is 11.1. The van der Waals surface area contributed by atoms with E-state index in [1.54, 1.807) is 35.7 Å². The third-order valence-corrected chi connectivity index (χ3v) is 16.5. The number of anilines is 1. The van der Waals surface area contributed by atoms with Crippen LogP contribution in [0.3, 0.4) is 0 Å². The van der Waals surface area contributed by atoms with Crippen LogP contribution in [0, 0.1) is 34.5 Å². The molecule has 2 aliphatic heterocycles. The second kappa shape index (κ2) is 21.1. The predicted octanol–water partition coefficient (Wildman–Crippen LogP) is 6.69. The number of thiazole rings is 1. The Morgan fingerprint density at radius 2 is 1.65 bits per heavy atom. The standard InChI is InChI=1S/C54H68ClN9O7S/c1-31(33-10-12-34(13-11-33)45-32(2)58-30-72-45)59-48(68)42-24-38(65)28-64(42)49(69)46(52(3,4)5)60-44(66)29-70-40-22-37(23-40)62-18-20-63(21-19-62)43-17-15-36(27-57-43)47(67)61-50-53(6,7)51(54(50,8)9)71-39-16-14-35(26-56)41(55)25-39/h10-17,25,27,30-31,37-38,40,42,46,50-51,65H,18-24,28-29H2,1-9H3,(H,59,68)(H,60,66)(H,61,67)/t31-,37-,38+,40-,42+,46+,50-,51-/m0/s1. The van der Waals surface area contributed by atoms with Gasteiger partial charge in [0.2, 0.25) is 17.7 Å². The lowest BCUT2D eigenvalue weighted by Crippen LogP contribution is -2.74. The Balaban J connectivity index is 0.759. The molecule has 2 aliphatic carbocycles. The molecule has 2 aromatic carbocycles. The van der Waals surface area contributed by atoms with Crippen molar-refractivity contribution in [3.8, 4) is 22.3 Å². The zero-order chi connectivity index (χ0) is 51.9. The number of pyridine rings is 1. The SMILES string of the molecule is Cc1ncsc1-c1ccc([C@H](C)NC(=O)[C@H]2C[C@@H](O)CN2C(=O)[C@@H](NC(=O)CO[C@H]2C[C@H](N3CCN(c4ccc(C(=O)N[C@H]5C(C)(C)[C@H](Oc6ccc(C#N)c(Cl)c6)C5(C)C)cn4)CC3)C2)C(C)(C)C)cc1. The van der Waals surface area contributed by atoms with Crippen LogP contribution in [0.15, 0.2) is 66.3 Å². The van der Waals surface area contributed by atoms with Crippen LogP contribution in [0.25, 0.3) is 10.4 Å². The van der Waals surface area contributed by atoms with E-state index < -0.39 is 46.2 Å². The lowest BCUT2D eigenvalue weighted by molar-refractivity contribution is -0.164. The van der Waals surface area contributed by atoms with Crippen molar-refractivity contribution >= 4 is 52.4 Å². The Hall–Kier alpha value is -5.64. The molecule has 4 aromatic rings. The maximum absolute atomic E-state index is 14.2. The largest absolute Gasteiger partial charge is 0.489 e. The van der Waals surface area contributed by atoms with E-state index in [2.05, 4.69) is 69.5 Å². The number of nitrogens with one attached hydrogen (secondary N) is 3. The van der Waals surface area contributed by atoms with Crippen LogP contribution in [0.2, 0.25) is 5.02 Å². The van der Waals surface area contributed by atoms with Gasteiger partial charge in [-0.3, -0.25) is 24.1 Å². The van der Waals surface area contributed by atoms with Crippen molar-refractivity contribution in [1.82, 2.24) is 35.7 Å². The van der Waals surface area contributed by atoms with E-state index in [4.69, 9.17) is 21.1 Å². The van der Waals surface area contributed by atoms with Crippen molar-refractivity contribution in [2.24, 2.45) is 16.2 Å². The summed E-state index contributed by atoms with van der Waals surface area (Å²) < 4.78 is 12.4. The van der Waals surface area contributed by atoms with E-state index in [0.717, 1.165) is 66.5 Å². The monoisotopic (exact) mass is 1020 g/mol. The Morgan fingerprint density at radius 3 is 2.25 bits per heavy atom. The molecule has 4 aliphatic rings. The summed E-state index contributed by atoms with van der Waals surface area (Å²) in [5.74, 6) is -0.00283. The number of aliphatic hydroxyl groups excluding tert-OH is 1. The Morgan fingerprint density at radius 1 is 0.958 bits per heavy atom. The number of likely N-dealkylation sites (tertiary alicyclic amines) is 1. The van der Waals surface area contributed by atoms with Crippen LogP contribution >= 0.6 is 22.9 Å². The predicted molar refractivity (Wildman–Crippen MR) is 277 cm³/mol. The van der Waals surface area contributed by atoms with E-state index in [0.29, 0.717) is 27.9 Å². The van der Waals surface area contributed by atoms with Gasteiger partial charge < -0.3 is 40.3 Å². The fourth-order valence-corrected chi connectivity index (χ4v) is 12.2. The number of halogens is 1. The quantitative estimate of drug-likeness (QED) is 0.0985. The van der Waals surface area contributed by atoms with E-state index >= 15 is 0 Å². The smallest absolute Gasteiger partial charge is 0.253 e. The minimum atomic E-state index is -0.952. The number of carbonyl (C=O) groups is 4. The number of aliphatic hydroxyl groups is 1. The highest BCUT2D eigenvalue weighted by molar-refractivity contribution is 7.13. The minimum Gasteiger partial charge on any atom is -0.489 e. The maximum atomic E-state index is 14.2. The van der Waals surface area contributed by atoms with E-state index in [1.165, 1.54) is 4.90 Å². The number of aryl methyl sites for hydroxylation is 1. The van der Waals surface area contributed by atoms with Gasteiger partial charge in [-0.1, -0.05) is 84.3 Å². The first-order chi connectivity index (χ1) is 34.0. The molecule has 0 radical (unpaired) electrons. The van der Waals surface area contributed by atoms with Crippen molar-refractivity contribution in [3.05, 3.63) is 93.7 Å². The summed E-state index contributed by atoms with van der Waals surface area (Å²) in [6, 6.07) is 16.8. The molecule has 384 valence electrons. The van der Waals surface area contributed by atoms with E-state index in [9.17, 15) is 29.5 Å². The molecule has 18 heteroatoms. The third-order valence-electron chi connectivity index (χ3n) is 15.2. The molecular formula is C54H68ClN9O7S. The molecule has 16 nitrogen and oxygen atoms in total. The normalized spacial score (nSPS) is 24.5. The number of carbonyl (C=O) groups excluding carboxylic acids is 4. The lowest BCUT2D eigenvalue weighted by atomic mass is 9.49. The van der Waals surface area contributed by atoms with Gasteiger partial charge in [0.1, 0.15) is 42.4 Å². The molecule has 0 bridgehead atoms. The van der Waals surface area contributed by atoms with Gasteiger partial charge in [-0.15, -0.1) is 11.3 Å². The van der Waals surface area contributed by atoms with Crippen molar-refractivity contribution in [3.63, 3.8) is 0 Å². The second-order valence-electron chi connectivity index (χ2n) is 22.2. The Kier molecular flexibility index (Phi) is 15.4. The molecule has 2 saturated heterocycles. The summed E-state index contributed by atoms with van der Waals surface area (Å²) in [6.07, 6.45) is 2.14. The number of nitriles is 1. The summed E-state index contributed by atoms with van der Waals surface area (Å²) in [6.45, 7) is 20.8. The average molecular weight is 1020 g/mol. The van der Waals surface area contributed by atoms with Crippen molar-refractivity contribution in [2.75, 3.05) is 44.2 Å². The maximum Gasteiger partial charge on any atom is 0.253 e. The molecule has 4 amide bonds. The second-order valence-corrected chi connectivity index (χ2v) is 23.4. The molecule has 4 atom stereocenters. The van der Waals surface area contributed by atoms with E-state index in [1.807, 2.05) is 76.5 Å². The Bertz CT molecular complexity index is 2650. The number of nitrogens with zero attached hydrogens (tertiary/aromatic N) is 6. The van der Waals surface area contributed by atoms with Gasteiger partial charge in [0.05, 0.1) is 50.5 Å². The Labute approximate surface area is 431 Å². The molecule has 4 heterocycles. The molecule has 2 aromatic heterocycles. The summed E-state index contributed by atoms with van der Waals surface area (Å²) in [7, 11) is 0. The highest BCUT2D eigenvalue weighted by Gasteiger charge is 2.64. The fraction of sp³-hybridized carbons (Fsp3) is 0.537. The van der Waals surface area contributed by atoms with Gasteiger partial charge >= 0.3 is 0 Å². The first-order valence-corrected chi connectivity index (χ1v) is 26.1. The summed E-state index contributed by atoms with van der Waals surface area (Å²) in [5.41, 5.74) is 4.13. The van der Waals surface area contributed by atoms with Crippen LogP contribution in [0.4, 0.5) is 5.82 Å². The molecule has 0 spiro atoms. The highest BCUT2D eigenvalue weighted by atomic mass is 35.5. The van der Waals surface area contributed by atoms with Crippen molar-refractivity contribution < 1.29 is 33.8 Å². The van der Waals surface area contributed by atoms with Crippen molar-refractivity contribution in [2.45, 2.75) is 130 Å². The van der Waals surface area contributed by atoms with Crippen molar-refractivity contribution in [1.29, 1.82) is 5.26 Å². The van der Waals surface area contributed by atoms with Gasteiger partial charge in [-0.25, -0.2) is 9.97 Å². The van der Waals surface area contributed by atoms with Gasteiger partial charge in [-0.05, 0) is 67.5 Å². The van der Waals surface area contributed by atoms with Gasteiger partial charge in [-0.2, -0.15) is 5.26 Å². The van der Waals surface area contributed by atoms with Crippen LogP contribution in [-0.4, -0.2) is 130 Å². The van der Waals surface area contributed by atoms with Gasteiger partial charge in [0, 0.05) is 74.3 Å². The highest BCUT2D eigenvalue weighted by Crippen LogP contribution is 2.55. The van der Waals surface area contributed by atoms with Gasteiger partial charge in [0.15, 0.2) is 0 Å². The number of benzene rings is 2. The zero-order valence-electron chi connectivity index (χ0n) is 42.7. The minimum absolute atomic E-state index is 0.0103. The number of hydrogen-bond donors (Lipinski definition) is 4. The number of piperazine rings is 1. The zero-order valence-corrected chi connectivity index (χ0v) is 44.3. The average Bonchev–Trinajstić information content (AvgIpc) is 3.95. The molecule has 2 saturated carbocycles. The summed E-state index contributed by atoms with van der Waals surface area (Å²) >= 11 is 7.84. The number of aromatic nitrogens is 2. The molecule has 4 N–H and O–H groups in total. The van der Waals surface area contributed by atoms with Crippen LogP contribution in [0.1, 0.15) is 108 Å². The topological polar surface area (TPSA) is 202 Å². The van der Waals surface area contributed by atoms with Crippen LogP contribution in [-0.2, 0) is 19.1 Å². The van der Waals surface area contributed by atoms with Crippen LogP contribution in [0.5, 0.6) is 5.75 Å². The summed E-state index contributed by atoms with van der Waals surface area (Å²) in [4.78, 5) is 71.0. The summed E-state index contributed by atoms with van der Waals surface area (Å²) in [5, 5.41) is 29.5. The molecule has 0 unspecified atom stereocenters. The van der Waals surface area contributed by atoms with Gasteiger partial charge in [0.25, 0.3) is 5.91 Å². The van der Waals surface area contributed by atoms with E-state index in [-0.39, 0.29) is 55.7 Å². The number of β-amino-alcohol motifs (C(OH)–C–C–N with tert-alkyl or cyclic N) is 1.